The molecule has 2 N–H and O–H groups in total. The van der Waals surface area contributed by atoms with Crippen molar-refractivity contribution in [2.45, 2.75) is 13.0 Å². The molecule has 6 heteroatoms. The quantitative estimate of drug-likeness (QED) is 0.889. The highest BCUT2D eigenvalue weighted by atomic mass is 32.1. The molecule has 0 fully saturated rings. The number of hydrogen-bond donors (Lipinski definition) is 2. The van der Waals surface area contributed by atoms with Crippen molar-refractivity contribution in [3.05, 3.63) is 44.8 Å². The number of rotatable bonds is 5. The Morgan fingerprint density at radius 1 is 1.11 bits per heavy atom. The maximum Gasteiger partial charge on any atom is 0.261 e. The Morgan fingerprint density at radius 3 is 2.21 bits per heavy atom. The summed E-state index contributed by atoms with van der Waals surface area (Å²) < 4.78 is 0. The van der Waals surface area contributed by atoms with Crippen molar-refractivity contribution >= 4 is 34.5 Å². The summed E-state index contributed by atoms with van der Waals surface area (Å²) in [5, 5.41) is 9.36. The van der Waals surface area contributed by atoms with Crippen LogP contribution in [0.15, 0.2) is 35.0 Å². The van der Waals surface area contributed by atoms with Gasteiger partial charge in [-0.25, -0.2) is 0 Å². The van der Waals surface area contributed by atoms with Crippen LogP contribution in [0.1, 0.15) is 26.3 Å². The molecule has 0 saturated heterocycles. The lowest BCUT2D eigenvalue weighted by Crippen LogP contribution is -2.41. The minimum absolute atomic E-state index is 0.104. The van der Waals surface area contributed by atoms with Gasteiger partial charge in [-0.15, -0.1) is 22.7 Å². The van der Waals surface area contributed by atoms with Crippen LogP contribution < -0.4 is 10.6 Å². The summed E-state index contributed by atoms with van der Waals surface area (Å²) >= 11 is 2.79. The third-order valence-corrected chi connectivity index (χ3v) is 4.17. The third kappa shape index (κ3) is 3.90. The van der Waals surface area contributed by atoms with Crippen molar-refractivity contribution in [2.75, 3.05) is 6.54 Å². The second-order valence-electron chi connectivity index (χ2n) is 4.04. The summed E-state index contributed by atoms with van der Waals surface area (Å²) in [6.45, 7) is 2.27. The van der Waals surface area contributed by atoms with E-state index in [2.05, 4.69) is 10.6 Å². The first-order valence-corrected chi connectivity index (χ1v) is 7.59. The van der Waals surface area contributed by atoms with Crippen molar-refractivity contribution in [3.63, 3.8) is 0 Å². The van der Waals surface area contributed by atoms with Crippen molar-refractivity contribution in [1.82, 2.24) is 10.6 Å². The Balaban J connectivity index is 1.77. The fraction of sp³-hybridized carbons (Fsp3) is 0.231. The molecule has 0 saturated carbocycles. The third-order valence-electron chi connectivity index (χ3n) is 2.44. The summed E-state index contributed by atoms with van der Waals surface area (Å²) in [5.41, 5.74) is 0. The molecular formula is C13H14N2O2S2. The van der Waals surface area contributed by atoms with Gasteiger partial charge in [0.2, 0.25) is 0 Å². The van der Waals surface area contributed by atoms with Gasteiger partial charge in [0.25, 0.3) is 11.8 Å². The van der Waals surface area contributed by atoms with Crippen LogP contribution in [0.4, 0.5) is 0 Å². The van der Waals surface area contributed by atoms with Gasteiger partial charge in [0.05, 0.1) is 9.75 Å². The summed E-state index contributed by atoms with van der Waals surface area (Å²) in [6, 6.07) is 7.11. The van der Waals surface area contributed by atoms with Gasteiger partial charge in [0.1, 0.15) is 0 Å². The van der Waals surface area contributed by atoms with Gasteiger partial charge >= 0.3 is 0 Å². The summed E-state index contributed by atoms with van der Waals surface area (Å²) in [7, 11) is 0. The first-order valence-electron chi connectivity index (χ1n) is 5.83. The number of nitrogens with one attached hydrogen (secondary N) is 2. The molecule has 0 unspecified atom stereocenters. The smallest absolute Gasteiger partial charge is 0.261 e. The second-order valence-corrected chi connectivity index (χ2v) is 5.93. The van der Waals surface area contributed by atoms with Crippen molar-refractivity contribution < 1.29 is 9.59 Å². The van der Waals surface area contributed by atoms with Gasteiger partial charge in [0, 0.05) is 12.6 Å². The highest BCUT2D eigenvalue weighted by Crippen LogP contribution is 2.09. The topological polar surface area (TPSA) is 58.2 Å². The molecule has 19 heavy (non-hydrogen) atoms. The molecule has 2 amide bonds. The Labute approximate surface area is 119 Å². The van der Waals surface area contributed by atoms with Crippen LogP contribution in [0.2, 0.25) is 0 Å². The minimum atomic E-state index is -0.112. The zero-order valence-electron chi connectivity index (χ0n) is 10.4. The predicted octanol–water partition coefficient (Wildman–Crippen LogP) is 2.36. The number of hydrogen-bond acceptors (Lipinski definition) is 4. The van der Waals surface area contributed by atoms with Crippen LogP contribution in [0.5, 0.6) is 0 Å². The SMILES string of the molecule is C[C@H](CNC(=O)c1cccs1)NC(=O)c1cccs1. The molecule has 0 aliphatic heterocycles. The Hall–Kier alpha value is -1.66. The monoisotopic (exact) mass is 294 g/mol. The fourth-order valence-electron chi connectivity index (χ4n) is 1.49. The molecule has 0 bridgehead atoms. The molecule has 0 radical (unpaired) electrons. The Morgan fingerprint density at radius 2 is 1.68 bits per heavy atom. The number of carbonyl (C=O) groups is 2. The Bertz CT molecular complexity index is 535. The Kier molecular flexibility index (Phi) is 4.70. The van der Waals surface area contributed by atoms with E-state index in [0.717, 1.165) is 0 Å². The number of carbonyl (C=O) groups excluding carboxylic acids is 2. The van der Waals surface area contributed by atoms with Gasteiger partial charge in [-0.1, -0.05) is 12.1 Å². The van der Waals surface area contributed by atoms with E-state index in [0.29, 0.717) is 16.3 Å². The molecular weight excluding hydrogens is 280 g/mol. The summed E-state index contributed by atoms with van der Waals surface area (Å²) in [4.78, 5) is 24.8. The fourth-order valence-corrected chi connectivity index (χ4v) is 2.76. The average Bonchev–Trinajstić information content (AvgIpc) is 3.07. The zero-order chi connectivity index (χ0) is 13.7. The van der Waals surface area contributed by atoms with Crippen LogP contribution >= 0.6 is 22.7 Å². The van der Waals surface area contributed by atoms with E-state index >= 15 is 0 Å². The van der Waals surface area contributed by atoms with E-state index in [1.807, 2.05) is 29.8 Å². The van der Waals surface area contributed by atoms with Gasteiger partial charge < -0.3 is 10.6 Å². The molecule has 2 rings (SSSR count). The highest BCUT2D eigenvalue weighted by molar-refractivity contribution is 7.12. The van der Waals surface area contributed by atoms with Crippen LogP contribution in [0.3, 0.4) is 0 Å². The lowest BCUT2D eigenvalue weighted by atomic mass is 10.3. The number of thiophene rings is 2. The van der Waals surface area contributed by atoms with Crippen molar-refractivity contribution in [2.24, 2.45) is 0 Å². The number of amides is 2. The van der Waals surface area contributed by atoms with E-state index in [1.165, 1.54) is 22.7 Å². The van der Waals surface area contributed by atoms with Gasteiger partial charge in [-0.05, 0) is 29.8 Å². The maximum atomic E-state index is 11.8. The van der Waals surface area contributed by atoms with Gasteiger partial charge in [-0.3, -0.25) is 9.59 Å². The van der Waals surface area contributed by atoms with Crippen molar-refractivity contribution in [1.29, 1.82) is 0 Å². The van der Waals surface area contributed by atoms with Crippen molar-refractivity contribution in [3.8, 4) is 0 Å². The normalized spacial score (nSPS) is 11.8. The molecule has 0 aliphatic carbocycles. The molecule has 4 nitrogen and oxygen atoms in total. The second kappa shape index (κ2) is 6.49. The summed E-state index contributed by atoms with van der Waals surface area (Å²) in [6.07, 6.45) is 0. The first kappa shape index (κ1) is 13.8. The van der Waals surface area contributed by atoms with Crippen LogP contribution in [0.25, 0.3) is 0 Å². The largest absolute Gasteiger partial charge is 0.349 e. The molecule has 2 heterocycles. The van der Waals surface area contributed by atoms with E-state index in [9.17, 15) is 9.59 Å². The van der Waals surface area contributed by atoms with Crippen LogP contribution in [-0.2, 0) is 0 Å². The molecule has 100 valence electrons. The zero-order valence-corrected chi connectivity index (χ0v) is 12.0. The molecule has 1 atom stereocenters. The molecule has 0 aromatic carbocycles. The lowest BCUT2D eigenvalue weighted by molar-refractivity contribution is 0.0916. The maximum absolute atomic E-state index is 11.8. The lowest BCUT2D eigenvalue weighted by Gasteiger charge is -2.13. The molecule has 2 aromatic rings. The average molecular weight is 294 g/mol. The molecule has 2 aromatic heterocycles. The predicted molar refractivity (Wildman–Crippen MR) is 77.9 cm³/mol. The minimum Gasteiger partial charge on any atom is -0.349 e. The summed E-state index contributed by atoms with van der Waals surface area (Å²) in [5.74, 6) is -0.208. The van der Waals surface area contributed by atoms with E-state index in [4.69, 9.17) is 0 Å². The first-order chi connectivity index (χ1) is 9.16. The van der Waals surface area contributed by atoms with Gasteiger partial charge in [-0.2, -0.15) is 0 Å². The highest BCUT2D eigenvalue weighted by Gasteiger charge is 2.12. The van der Waals surface area contributed by atoms with Gasteiger partial charge in [0.15, 0.2) is 0 Å². The van der Waals surface area contributed by atoms with E-state index in [1.54, 1.807) is 12.1 Å². The van der Waals surface area contributed by atoms with E-state index in [-0.39, 0.29) is 17.9 Å². The molecule has 0 spiro atoms. The van der Waals surface area contributed by atoms with E-state index < -0.39 is 0 Å². The van der Waals surface area contributed by atoms with Crippen LogP contribution in [0, 0.1) is 0 Å². The standard InChI is InChI=1S/C13H14N2O2S2/c1-9(15-13(17)11-5-3-7-19-11)8-14-12(16)10-4-2-6-18-10/h2-7,9H,8H2,1H3,(H,14,16)(H,15,17)/t9-/m1/s1. The molecule has 0 aliphatic rings. The van der Waals surface area contributed by atoms with Crippen LogP contribution in [-0.4, -0.2) is 24.4 Å².